The number of phenols is 2. The maximum Gasteiger partial charge on any atom is 0.193 e. The molecule has 4 aromatic rings. The van der Waals surface area contributed by atoms with Crippen LogP contribution in [-0.4, -0.2) is 16.0 Å². The molecule has 5 rings (SSSR count). The van der Waals surface area contributed by atoms with E-state index in [-0.39, 0.29) is 28.6 Å². The minimum Gasteiger partial charge on any atom is -0.507 e. The lowest BCUT2D eigenvalue weighted by Crippen LogP contribution is -2.26. The second-order valence-corrected chi connectivity index (χ2v) is 9.25. The Hall–Kier alpha value is -3.59. The Morgan fingerprint density at radius 2 is 1.39 bits per heavy atom. The van der Waals surface area contributed by atoms with Gasteiger partial charge in [-0.15, -0.1) is 0 Å². The number of ketones is 1. The second-order valence-electron chi connectivity index (χ2n) is 9.25. The van der Waals surface area contributed by atoms with Crippen LogP contribution >= 0.6 is 0 Å². The highest BCUT2D eigenvalue weighted by atomic mass is 16.3. The quantitative estimate of drug-likeness (QED) is 0.321. The van der Waals surface area contributed by atoms with Gasteiger partial charge in [0.25, 0.3) is 0 Å². The van der Waals surface area contributed by atoms with Crippen molar-refractivity contribution in [2.24, 2.45) is 0 Å². The first-order chi connectivity index (χ1) is 14.8. The van der Waals surface area contributed by atoms with Crippen molar-refractivity contribution in [1.82, 2.24) is 0 Å². The third-order valence-corrected chi connectivity index (χ3v) is 6.30. The summed E-state index contributed by atoms with van der Waals surface area (Å²) in [4.78, 5) is 13.4. The maximum atomic E-state index is 13.4. The fourth-order valence-electron chi connectivity index (χ4n) is 4.89. The minimum absolute atomic E-state index is 0.00236. The Morgan fingerprint density at radius 1 is 0.742 bits per heavy atom. The lowest BCUT2D eigenvalue weighted by molar-refractivity contribution is 0.103. The molecule has 3 nitrogen and oxygen atoms in total. The van der Waals surface area contributed by atoms with Gasteiger partial charge in [-0.1, -0.05) is 87.5 Å². The molecule has 1 unspecified atom stereocenters. The Balaban J connectivity index is 1.92. The maximum absolute atomic E-state index is 13.4. The van der Waals surface area contributed by atoms with E-state index in [1.54, 1.807) is 12.1 Å². The van der Waals surface area contributed by atoms with Crippen LogP contribution in [0.2, 0.25) is 0 Å². The summed E-state index contributed by atoms with van der Waals surface area (Å²) in [5.41, 5.74) is 4.51. The Kier molecular flexibility index (Phi) is 4.19. The standard InChI is InChI=1S/C28H24O3/c1-28(2,3)22-14-8-13-20-25(22)24(17-10-5-7-12-19(17)26(20)30)21-15-23(29)16-9-4-6-11-18(16)27(21)31/h4-15,24,29,31H,1-3H3. The average Bonchev–Trinajstić information content (AvgIpc) is 2.76. The number of phenolic OH excluding ortho intramolecular Hbond substituents is 2. The minimum atomic E-state index is -0.366. The van der Waals surface area contributed by atoms with Crippen LogP contribution in [0.4, 0.5) is 0 Å². The molecule has 1 aliphatic carbocycles. The molecular weight excluding hydrogens is 384 g/mol. The smallest absolute Gasteiger partial charge is 0.193 e. The number of hydrogen-bond donors (Lipinski definition) is 2. The highest BCUT2D eigenvalue weighted by Gasteiger charge is 2.37. The number of carbonyl (C=O) groups is 1. The summed E-state index contributed by atoms with van der Waals surface area (Å²) in [6.45, 7) is 6.38. The van der Waals surface area contributed by atoms with E-state index in [4.69, 9.17) is 0 Å². The molecule has 154 valence electrons. The molecular formula is C28H24O3. The van der Waals surface area contributed by atoms with Crippen molar-refractivity contribution in [1.29, 1.82) is 0 Å². The number of benzene rings is 4. The van der Waals surface area contributed by atoms with Crippen LogP contribution in [0.15, 0.2) is 72.8 Å². The topological polar surface area (TPSA) is 57.5 Å². The van der Waals surface area contributed by atoms with Crippen LogP contribution in [0.3, 0.4) is 0 Å². The monoisotopic (exact) mass is 408 g/mol. The van der Waals surface area contributed by atoms with E-state index < -0.39 is 0 Å². The van der Waals surface area contributed by atoms with Crippen molar-refractivity contribution >= 4 is 16.6 Å². The van der Waals surface area contributed by atoms with E-state index in [9.17, 15) is 15.0 Å². The van der Waals surface area contributed by atoms with Gasteiger partial charge >= 0.3 is 0 Å². The van der Waals surface area contributed by atoms with Gasteiger partial charge in [0.05, 0.1) is 0 Å². The molecule has 3 heteroatoms. The van der Waals surface area contributed by atoms with E-state index in [1.807, 2.05) is 54.6 Å². The van der Waals surface area contributed by atoms with E-state index in [0.29, 0.717) is 27.5 Å². The molecule has 0 saturated carbocycles. The molecule has 0 bridgehead atoms. The molecule has 0 amide bonds. The predicted octanol–water partition coefficient (Wildman–Crippen LogP) is 6.27. The molecule has 0 aromatic heterocycles. The van der Waals surface area contributed by atoms with Gasteiger partial charge in [-0.25, -0.2) is 0 Å². The van der Waals surface area contributed by atoms with Gasteiger partial charge in [0.1, 0.15) is 11.5 Å². The average molecular weight is 408 g/mol. The van der Waals surface area contributed by atoms with Crippen molar-refractivity contribution in [2.45, 2.75) is 32.1 Å². The van der Waals surface area contributed by atoms with Crippen LogP contribution in [-0.2, 0) is 5.41 Å². The number of fused-ring (bicyclic) bond motifs is 3. The zero-order valence-electron chi connectivity index (χ0n) is 17.8. The molecule has 0 aliphatic heterocycles. The zero-order chi connectivity index (χ0) is 21.9. The molecule has 0 heterocycles. The lowest BCUT2D eigenvalue weighted by Gasteiger charge is -2.34. The molecule has 0 radical (unpaired) electrons. The normalized spacial score (nSPS) is 15.6. The summed E-state index contributed by atoms with van der Waals surface area (Å²) >= 11 is 0. The van der Waals surface area contributed by atoms with Crippen LogP contribution < -0.4 is 0 Å². The molecule has 4 aromatic carbocycles. The summed E-state index contributed by atoms with van der Waals surface area (Å²) in [5.74, 6) is -0.114. The zero-order valence-corrected chi connectivity index (χ0v) is 17.8. The molecule has 1 atom stereocenters. The summed E-state index contributed by atoms with van der Waals surface area (Å²) in [5, 5.41) is 23.4. The third-order valence-electron chi connectivity index (χ3n) is 6.30. The number of rotatable bonds is 1. The van der Waals surface area contributed by atoms with Crippen molar-refractivity contribution in [3.05, 3.63) is 106 Å². The summed E-state index contributed by atoms with van der Waals surface area (Å²) in [6.07, 6.45) is 0. The van der Waals surface area contributed by atoms with Crippen molar-refractivity contribution in [2.75, 3.05) is 0 Å². The SMILES string of the molecule is CC(C)(C)c1cccc2c1C(c1cc(O)c3ccccc3c1O)c1ccccc1C2=O. The fraction of sp³-hybridized carbons (Fsp3) is 0.179. The first-order valence-corrected chi connectivity index (χ1v) is 10.5. The molecule has 0 fully saturated rings. The fourth-order valence-corrected chi connectivity index (χ4v) is 4.89. The Bertz CT molecular complexity index is 1360. The van der Waals surface area contributed by atoms with Gasteiger partial charge in [0, 0.05) is 33.4 Å². The van der Waals surface area contributed by atoms with E-state index in [0.717, 1.165) is 16.7 Å². The highest BCUT2D eigenvalue weighted by Crippen LogP contribution is 2.49. The van der Waals surface area contributed by atoms with Crippen LogP contribution in [0.5, 0.6) is 11.5 Å². The van der Waals surface area contributed by atoms with Crippen molar-refractivity contribution in [3.63, 3.8) is 0 Å². The largest absolute Gasteiger partial charge is 0.507 e. The van der Waals surface area contributed by atoms with E-state index in [1.165, 1.54) is 0 Å². The van der Waals surface area contributed by atoms with Gasteiger partial charge in [-0.3, -0.25) is 4.79 Å². The second kappa shape index (κ2) is 6.71. The molecule has 31 heavy (non-hydrogen) atoms. The number of aromatic hydroxyl groups is 2. The summed E-state index contributed by atoms with van der Waals surface area (Å²) < 4.78 is 0. The first kappa shape index (κ1) is 19.4. The molecule has 1 aliphatic rings. The summed E-state index contributed by atoms with van der Waals surface area (Å²) in [7, 11) is 0. The molecule has 2 N–H and O–H groups in total. The summed E-state index contributed by atoms with van der Waals surface area (Å²) in [6, 6.07) is 22.4. The van der Waals surface area contributed by atoms with Gasteiger partial charge < -0.3 is 10.2 Å². The van der Waals surface area contributed by atoms with Crippen LogP contribution in [0.1, 0.15) is 64.9 Å². The third kappa shape index (κ3) is 2.84. The predicted molar refractivity (Wildman–Crippen MR) is 123 cm³/mol. The Labute approximate surface area is 181 Å². The van der Waals surface area contributed by atoms with Gasteiger partial charge in [0.2, 0.25) is 0 Å². The van der Waals surface area contributed by atoms with Crippen LogP contribution in [0, 0.1) is 0 Å². The Morgan fingerprint density at radius 3 is 2.13 bits per heavy atom. The van der Waals surface area contributed by atoms with Crippen LogP contribution in [0.25, 0.3) is 10.8 Å². The number of carbonyl (C=O) groups excluding carboxylic acids is 1. The van der Waals surface area contributed by atoms with Gasteiger partial charge in [-0.2, -0.15) is 0 Å². The lowest BCUT2D eigenvalue weighted by atomic mass is 9.68. The number of hydrogen-bond acceptors (Lipinski definition) is 3. The first-order valence-electron chi connectivity index (χ1n) is 10.5. The van der Waals surface area contributed by atoms with Gasteiger partial charge in [-0.05, 0) is 28.2 Å². The van der Waals surface area contributed by atoms with E-state index in [2.05, 4.69) is 26.8 Å². The van der Waals surface area contributed by atoms with Crippen molar-refractivity contribution in [3.8, 4) is 11.5 Å². The highest BCUT2D eigenvalue weighted by molar-refractivity contribution is 6.13. The molecule has 0 spiro atoms. The molecule has 0 saturated heterocycles. The van der Waals surface area contributed by atoms with E-state index >= 15 is 0 Å². The van der Waals surface area contributed by atoms with Crippen molar-refractivity contribution < 1.29 is 15.0 Å². The van der Waals surface area contributed by atoms with Gasteiger partial charge in [0.15, 0.2) is 5.78 Å².